The monoisotopic (exact) mass is 624 g/mol. The maximum Gasteiger partial charge on any atom is 0.320 e. The molecule has 226 valence electrons. The standard InChI is InChI=1S/C30H34Cl2N8O3/c31-22-6-5-19(14-23(22)32)27-35-24-16-39(30(43)37-12-8-21(41)9-13-37)17-25(24)40(27)26-7-10-33-29(36-26)34-20-2-1-11-38(15-20)28(42)18-3-4-18/h5-7,10,14,18,20-21,41H,1-4,8-9,11-13,15-17H2,(H,33,34,36). The van der Waals surface area contributed by atoms with Crippen LogP contribution in [0.2, 0.25) is 10.0 Å². The van der Waals surface area contributed by atoms with E-state index in [0.29, 0.717) is 73.2 Å². The van der Waals surface area contributed by atoms with E-state index in [4.69, 9.17) is 33.2 Å². The van der Waals surface area contributed by atoms with Gasteiger partial charge in [-0.25, -0.2) is 14.8 Å². The number of piperidine rings is 2. The third-order valence-electron chi connectivity index (χ3n) is 8.78. The van der Waals surface area contributed by atoms with Gasteiger partial charge in [0.1, 0.15) is 11.6 Å². The van der Waals surface area contributed by atoms with Gasteiger partial charge in [-0.2, -0.15) is 4.98 Å². The van der Waals surface area contributed by atoms with Gasteiger partial charge < -0.3 is 25.1 Å². The topological polar surface area (TPSA) is 120 Å². The number of aromatic nitrogens is 4. The molecule has 2 N–H and O–H groups in total. The molecule has 2 aromatic heterocycles. The molecular weight excluding hydrogens is 591 g/mol. The van der Waals surface area contributed by atoms with Gasteiger partial charge in [0.05, 0.1) is 40.6 Å². The van der Waals surface area contributed by atoms with Crippen LogP contribution in [0.25, 0.3) is 17.2 Å². The van der Waals surface area contributed by atoms with Gasteiger partial charge in [-0.05, 0) is 62.8 Å². The number of aliphatic hydroxyl groups is 1. The Labute approximate surface area is 259 Å². The number of carbonyl (C=O) groups is 2. The molecule has 1 saturated carbocycles. The number of amides is 3. The number of nitrogens with zero attached hydrogens (tertiary/aromatic N) is 7. The predicted molar refractivity (Wildman–Crippen MR) is 162 cm³/mol. The van der Waals surface area contributed by atoms with E-state index < -0.39 is 0 Å². The molecule has 3 aliphatic heterocycles. The van der Waals surface area contributed by atoms with E-state index in [1.807, 2.05) is 21.6 Å². The Morgan fingerprint density at radius 1 is 0.907 bits per heavy atom. The lowest BCUT2D eigenvalue weighted by Gasteiger charge is -2.33. The lowest BCUT2D eigenvalue weighted by atomic mass is 10.1. The smallest absolute Gasteiger partial charge is 0.320 e. The van der Waals surface area contributed by atoms with Crippen LogP contribution in [0.3, 0.4) is 0 Å². The zero-order chi connectivity index (χ0) is 29.7. The van der Waals surface area contributed by atoms with Crippen molar-refractivity contribution in [3.8, 4) is 17.2 Å². The molecule has 11 nitrogen and oxygen atoms in total. The Balaban J connectivity index is 1.17. The molecule has 3 aromatic rings. The summed E-state index contributed by atoms with van der Waals surface area (Å²) in [6.45, 7) is 3.26. The number of carbonyl (C=O) groups excluding carboxylic acids is 2. The van der Waals surface area contributed by atoms with E-state index in [1.165, 1.54) is 0 Å². The number of nitrogens with one attached hydrogen (secondary N) is 1. The van der Waals surface area contributed by atoms with Crippen LogP contribution in [0.1, 0.15) is 49.9 Å². The Hall–Kier alpha value is -3.41. The third kappa shape index (κ3) is 5.77. The minimum Gasteiger partial charge on any atom is -0.393 e. The Morgan fingerprint density at radius 3 is 2.49 bits per heavy atom. The van der Waals surface area contributed by atoms with Crippen molar-refractivity contribution in [3.63, 3.8) is 0 Å². The number of rotatable bonds is 5. The molecule has 0 spiro atoms. The molecule has 7 rings (SSSR count). The number of benzene rings is 1. The number of anilines is 1. The number of fused-ring (bicyclic) bond motifs is 1. The van der Waals surface area contributed by atoms with E-state index in [-0.39, 0.29) is 30.0 Å². The molecule has 0 bridgehead atoms. The predicted octanol–water partition coefficient (Wildman–Crippen LogP) is 4.34. The molecule has 43 heavy (non-hydrogen) atoms. The van der Waals surface area contributed by atoms with Crippen LogP contribution in [0, 0.1) is 5.92 Å². The van der Waals surface area contributed by atoms with E-state index in [0.717, 1.165) is 49.2 Å². The quantitative estimate of drug-likeness (QED) is 0.433. The molecule has 1 aromatic carbocycles. The molecule has 1 aliphatic carbocycles. The highest BCUT2D eigenvalue weighted by Crippen LogP contribution is 2.35. The number of urea groups is 1. The molecule has 5 heterocycles. The highest BCUT2D eigenvalue weighted by atomic mass is 35.5. The summed E-state index contributed by atoms with van der Waals surface area (Å²) in [4.78, 5) is 46.0. The summed E-state index contributed by atoms with van der Waals surface area (Å²) in [5, 5.41) is 14.2. The van der Waals surface area contributed by atoms with E-state index >= 15 is 0 Å². The van der Waals surface area contributed by atoms with Crippen molar-refractivity contribution < 1.29 is 14.7 Å². The van der Waals surface area contributed by atoms with E-state index in [2.05, 4.69) is 10.3 Å². The highest BCUT2D eigenvalue weighted by Gasteiger charge is 2.36. The van der Waals surface area contributed by atoms with Crippen molar-refractivity contribution in [2.75, 3.05) is 31.5 Å². The van der Waals surface area contributed by atoms with E-state index in [1.54, 1.807) is 28.1 Å². The molecule has 13 heteroatoms. The van der Waals surface area contributed by atoms with Crippen molar-refractivity contribution in [3.05, 3.63) is 51.9 Å². The van der Waals surface area contributed by atoms with Crippen LogP contribution in [-0.4, -0.2) is 89.6 Å². The largest absolute Gasteiger partial charge is 0.393 e. The van der Waals surface area contributed by atoms with Gasteiger partial charge >= 0.3 is 6.03 Å². The van der Waals surface area contributed by atoms with Crippen molar-refractivity contribution in [1.29, 1.82) is 0 Å². The summed E-state index contributed by atoms with van der Waals surface area (Å²) >= 11 is 12.6. The fourth-order valence-electron chi connectivity index (χ4n) is 6.28. The Morgan fingerprint density at radius 2 is 1.72 bits per heavy atom. The van der Waals surface area contributed by atoms with Gasteiger partial charge in [0.2, 0.25) is 11.9 Å². The van der Waals surface area contributed by atoms with Crippen LogP contribution >= 0.6 is 23.2 Å². The van der Waals surface area contributed by atoms with Gasteiger partial charge in [-0.1, -0.05) is 23.2 Å². The SMILES string of the molecule is O=C(C1CC1)N1CCCC(Nc2nccc(-n3c(-c4ccc(Cl)c(Cl)c4)nc4c3CN(C(=O)N3CCC(O)CC3)C4)n2)C1. The Bertz CT molecular complexity index is 1550. The first-order chi connectivity index (χ1) is 20.8. The second-order valence-electron chi connectivity index (χ2n) is 11.9. The average Bonchev–Trinajstić information content (AvgIpc) is 3.69. The molecule has 2 saturated heterocycles. The van der Waals surface area contributed by atoms with Crippen molar-refractivity contribution in [2.24, 2.45) is 5.92 Å². The minimum atomic E-state index is -0.351. The number of likely N-dealkylation sites (tertiary alicyclic amines) is 2. The molecule has 3 fully saturated rings. The maximum atomic E-state index is 13.4. The van der Waals surface area contributed by atoms with Gasteiger partial charge in [0.15, 0.2) is 0 Å². The second-order valence-corrected chi connectivity index (χ2v) is 12.7. The fourth-order valence-corrected chi connectivity index (χ4v) is 6.58. The van der Waals surface area contributed by atoms with Crippen molar-refractivity contribution >= 4 is 41.1 Å². The number of hydrogen-bond acceptors (Lipinski definition) is 7. The summed E-state index contributed by atoms with van der Waals surface area (Å²) in [5.41, 5.74) is 2.44. The van der Waals surface area contributed by atoms with Crippen molar-refractivity contribution in [2.45, 2.75) is 63.8 Å². The third-order valence-corrected chi connectivity index (χ3v) is 9.52. The highest BCUT2D eigenvalue weighted by molar-refractivity contribution is 6.42. The fraction of sp³-hybridized carbons (Fsp3) is 0.500. The molecule has 1 atom stereocenters. The van der Waals surface area contributed by atoms with Gasteiger partial charge in [-0.3, -0.25) is 9.36 Å². The first-order valence-electron chi connectivity index (χ1n) is 15.0. The lowest BCUT2D eigenvalue weighted by Crippen LogP contribution is -2.46. The van der Waals surface area contributed by atoms with Gasteiger partial charge in [0, 0.05) is 49.9 Å². The molecule has 3 amide bonds. The first kappa shape index (κ1) is 28.4. The van der Waals surface area contributed by atoms with Crippen LogP contribution in [-0.2, 0) is 17.9 Å². The zero-order valence-electron chi connectivity index (χ0n) is 23.8. The maximum absolute atomic E-state index is 13.4. The normalized spacial score (nSPS) is 20.8. The van der Waals surface area contributed by atoms with E-state index in [9.17, 15) is 14.7 Å². The molecule has 1 unspecified atom stereocenters. The van der Waals surface area contributed by atoms with Gasteiger partial charge in [0.25, 0.3) is 0 Å². The number of imidazole rings is 1. The van der Waals surface area contributed by atoms with Crippen LogP contribution in [0.15, 0.2) is 30.5 Å². The number of halogens is 2. The average molecular weight is 626 g/mol. The summed E-state index contributed by atoms with van der Waals surface area (Å²) in [6, 6.07) is 7.24. The van der Waals surface area contributed by atoms with Gasteiger partial charge in [-0.15, -0.1) is 0 Å². The summed E-state index contributed by atoms with van der Waals surface area (Å²) in [7, 11) is 0. The van der Waals surface area contributed by atoms with Crippen molar-refractivity contribution in [1.82, 2.24) is 34.2 Å². The first-order valence-corrected chi connectivity index (χ1v) is 15.8. The molecule has 4 aliphatic rings. The summed E-state index contributed by atoms with van der Waals surface area (Å²) in [5.74, 6) is 2.21. The van der Waals surface area contributed by atoms with Crippen LogP contribution in [0.4, 0.5) is 10.7 Å². The lowest BCUT2D eigenvalue weighted by molar-refractivity contribution is -0.133. The zero-order valence-corrected chi connectivity index (χ0v) is 25.3. The minimum absolute atomic E-state index is 0.0554. The number of aliphatic hydroxyl groups excluding tert-OH is 1. The van der Waals surface area contributed by atoms with Crippen LogP contribution < -0.4 is 5.32 Å². The van der Waals surface area contributed by atoms with Crippen LogP contribution in [0.5, 0.6) is 0 Å². The second kappa shape index (κ2) is 11.6. The number of hydrogen-bond donors (Lipinski definition) is 2. The summed E-state index contributed by atoms with van der Waals surface area (Å²) in [6.07, 6.45) is 6.40. The molecular formula is C30H34Cl2N8O3. The summed E-state index contributed by atoms with van der Waals surface area (Å²) < 4.78 is 1.97. The Kier molecular flexibility index (Phi) is 7.65. The molecule has 0 radical (unpaired) electrons.